The minimum absolute atomic E-state index is 0.0214. The third-order valence-electron chi connectivity index (χ3n) is 3.72. The first-order valence-electron chi connectivity index (χ1n) is 8.51. The highest BCUT2D eigenvalue weighted by Crippen LogP contribution is 2.19. The fourth-order valence-electron chi connectivity index (χ4n) is 2.42. The lowest BCUT2D eigenvalue weighted by molar-refractivity contribution is 0.102. The van der Waals surface area contributed by atoms with Gasteiger partial charge in [-0.2, -0.15) is 0 Å². The zero-order valence-corrected chi connectivity index (χ0v) is 15.9. The number of hydrogen-bond acceptors (Lipinski definition) is 6. The first-order valence-corrected chi connectivity index (χ1v) is 9.99. The van der Waals surface area contributed by atoms with E-state index in [9.17, 15) is 13.2 Å². The highest BCUT2D eigenvalue weighted by molar-refractivity contribution is 7.89. The van der Waals surface area contributed by atoms with Crippen molar-refractivity contribution < 1.29 is 22.4 Å². The molecule has 3 rings (SSSR count). The Bertz CT molecular complexity index is 1050. The molecule has 2 heterocycles. The summed E-state index contributed by atoms with van der Waals surface area (Å²) in [5.74, 6) is 0.258. The molecule has 2 N–H and O–H groups in total. The number of ether oxygens (including phenoxy) is 1. The van der Waals surface area contributed by atoms with Crippen LogP contribution in [0, 0.1) is 0 Å². The molecular formula is C19H19N3O5S. The lowest BCUT2D eigenvalue weighted by atomic mass is 10.2. The van der Waals surface area contributed by atoms with E-state index in [1.165, 1.54) is 24.6 Å². The Hall–Kier alpha value is -3.17. The number of hydrogen-bond donors (Lipinski definition) is 2. The fraction of sp³-hybridized carbons (Fsp3) is 0.158. The topological polar surface area (TPSA) is 111 Å². The third kappa shape index (κ3) is 4.76. The number of anilines is 1. The maximum atomic E-state index is 12.5. The summed E-state index contributed by atoms with van der Waals surface area (Å²) >= 11 is 0. The van der Waals surface area contributed by atoms with Crippen LogP contribution >= 0.6 is 0 Å². The Balaban J connectivity index is 1.75. The van der Waals surface area contributed by atoms with Crippen molar-refractivity contribution in [2.24, 2.45) is 0 Å². The number of pyridine rings is 1. The first kappa shape index (κ1) is 19.6. The predicted molar refractivity (Wildman–Crippen MR) is 103 cm³/mol. The van der Waals surface area contributed by atoms with Gasteiger partial charge in [-0.25, -0.2) is 18.1 Å². The molecule has 0 spiro atoms. The molecule has 3 aromatic rings. The van der Waals surface area contributed by atoms with Crippen LogP contribution in [0.15, 0.2) is 70.3 Å². The van der Waals surface area contributed by atoms with Crippen molar-refractivity contribution in [2.45, 2.75) is 18.4 Å². The van der Waals surface area contributed by atoms with E-state index in [1.807, 2.05) is 0 Å². The molecule has 1 amide bonds. The number of aromatic nitrogens is 1. The van der Waals surface area contributed by atoms with Crippen LogP contribution < -0.4 is 14.8 Å². The molecule has 1 aromatic carbocycles. The Labute approximate surface area is 162 Å². The molecule has 0 aliphatic heterocycles. The molecule has 0 aliphatic rings. The first-order chi connectivity index (χ1) is 13.5. The van der Waals surface area contributed by atoms with Gasteiger partial charge in [0.25, 0.3) is 5.91 Å². The molecule has 0 saturated carbocycles. The Kier molecular flexibility index (Phi) is 6.07. The SMILES string of the molecule is CCOc1ncccc1C(=O)Nc1cccc(S(=O)(=O)NCc2ccco2)c1. The molecular weight excluding hydrogens is 382 g/mol. The van der Waals surface area contributed by atoms with Gasteiger partial charge in [-0.3, -0.25) is 4.79 Å². The zero-order valence-electron chi connectivity index (χ0n) is 15.1. The van der Waals surface area contributed by atoms with Crippen molar-refractivity contribution in [1.82, 2.24) is 9.71 Å². The minimum atomic E-state index is -3.77. The number of amides is 1. The standard InChI is InChI=1S/C19H19N3O5S/c1-2-26-19-17(9-4-10-20-19)18(23)22-14-6-3-8-16(12-14)28(24,25)21-13-15-7-5-11-27-15/h3-12,21H,2,13H2,1H3,(H,22,23). The van der Waals surface area contributed by atoms with E-state index < -0.39 is 15.9 Å². The summed E-state index contributed by atoms with van der Waals surface area (Å²) < 4.78 is 37.9. The number of nitrogens with one attached hydrogen (secondary N) is 2. The van der Waals surface area contributed by atoms with Gasteiger partial charge in [-0.15, -0.1) is 0 Å². The fourth-order valence-corrected chi connectivity index (χ4v) is 3.46. The summed E-state index contributed by atoms with van der Waals surface area (Å²) in [6.45, 7) is 2.19. The van der Waals surface area contributed by atoms with Crippen LogP contribution in [0.4, 0.5) is 5.69 Å². The smallest absolute Gasteiger partial charge is 0.261 e. The molecule has 0 fully saturated rings. The molecule has 2 aromatic heterocycles. The Morgan fingerprint density at radius 2 is 2.04 bits per heavy atom. The van der Waals surface area contributed by atoms with Gasteiger partial charge in [0, 0.05) is 11.9 Å². The van der Waals surface area contributed by atoms with Crippen LogP contribution in [-0.4, -0.2) is 25.9 Å². The number of carbonyl (C=O) groups excluding carboxylic acids is 1. The van der Waals surface area contributed by atoms with Crippen LogP contribution in [0.25, 0.3) is 0 Å². The van der Waals surface area contributed by atoms with Gasteiger partial charge >= 0.3 is 0 Å². The minimum Gasteiger partial charge on any atom is -0.477 e. The van der Waals surface area contributed by atoms with Gasteiger partial charge in [0.1, 0.15) is 11.3 Å². The number of sulfonamides is 1. The van der Waals surface area contributed by atoms with Crippen molar-refractivity contribution in [2.75, 3.05) is 11.9 Å². The number of nitrogens with zero attached hydrogens (tertiary/aromatic N) is 1. The molecule has 0 atom stereocenters. The van der Waals surface area contributed by atoms with Crippen LogP contribution in [-0.2, 0) is 16.6 Å². The summed E-state index contributed by atoms with van der Waals surface area (Å²) in [7, 11) is -3.77. The van der Waals surface area contributed by atoms with Crippen molar-refractivity contribution in [3.8, 4) is 5.88 Å². The van der Waals surface area contributed by atoms with E-state index in [0.717, 1.165) is 0 Å². The molecule has 0 aliphatic carbocycles. The van der Waals surface area contributed by atoms with Crippen molar-refractivity contribution in [3.63, 3.8) is 0 Å². The highest BCUT2D eigenvalue weighted by Gasteiger charge is 2.17. The van der Waals surface area contributed by atoms with Crippen LogP contribution in [0.2, 0.25) is 0 Å². The van der Waals surface area contributed by atoms with E-state index >= 15 is 0 Å². The molecule has 0 unspecified atom stereocenters. The van der Waals surface area contributed by atoms with E-state index in [1.54, 1.807) is 43.3 Å². The predicted octanol–water partition coefficient (Wildman–Crippen LogP) is 2.80. The van der Waals surface area contributed by atoms with Crippen molar-refractivity contribution >= 4 is 21.6 Å². The number of rotatable bonds is 8. The Morgan fingerprint density at radius 3 is 2.79 bits per heavy atom. The van der Waals surface area contributed by atoms with Gasteiger partial charge in [-0.1, -0.05) is 6.07 Å². The van der Waals surface area contributed by atoms with Gasteiger partial charge in [0.05, 0.1) is 24.3 Å². The van der Waals surface area contributed by atoms with E-state index in [0.29, 0.717) is 18.1 Å². The second kappa shape index (κ2) is 8.68. The second-order valence-electron chi connectivity index (χ2n) is 5.67. The molecule has 0 saturated heterocycles. The summed E-state index contributed by atoms with van der Waals surface area (Å²) in [6.07, 6.45) is 2.99. The van der Waals surface area contributed by atoms with Crippen LogP contribution in [0.1, 0.15) is 23.0 Å². The monoisotopic (exact) mass is 401 g/mol. The summed E-state index contributed by atoms with van der Waals surface area (Å²) in [5, 5.41) is 2.67. The normalized spacial score (nSPS) is 11.2. The number of benzene rings is 1. The third-order valence-corrected chi connectivity index (χ3v) is 5.11. The maximum Gasteiger partial charge on any atom is 0.261 e. The largest absolute Gasteiger partial charge is 0.477 e. The lowest BCUT2D eigenvalue weighted by Crippen LogP contribution is -2.23. The van der Waals surface area contributed by atoms with Crippen LogP contribution in [0.5, 0.6) is 5.88 Å². The van der Waals surface area contributed by atoms with E-state index in [-0.39, 0.29) is 22.9 Å². The molecule has 8 nitrogen and oxygen atoms in total. The molecule has 0 bridgehead atoms. The highest BCUT2D eigenvalue weighted by atomic mass is 32.2. The quantitative estimate of drug-likeness (QED) is 0.600. The van der Waals surface area contributed by atoms with Gasteiger partial charge in [0.2, 0.25) is 15.9 Å². The van der Waals surface area contributed by atoms with E-state index in [2.05, 4.69) is 15.0 Å². The molecule has 0 radical (unpaired) electrons. The average molecular weight is 401 g/mol. The summed E-state index contributed by atoms with van der Waals surface area (Å²) in [4.78, 5) is 16.6. The summed E-state index contributed by atoms with van der Waals surface area (Å²) in [5.41, 5.74) is 0.589. The van der Waals surface area contributed by atoms with Gasteiger partial charge in [0.15, 0.2) is 0 Å². The molecule has 9 heteroatoms. The molecule has 146 valence electrons. The van der Waals surface area contributed by atoms with Crippen molar-refractivity contribution in [3.05, 3.63) is 72.3 Å². The number of carbonyl (C=O) groups is 1. The maximum absolute atomic E-state index is 12.5. The van der Waals surface area contributed by atoms with Crippen LogP contribution in [0.3, 0.4) is 0 Å². The van der Waals surface area contributed by atoms with Gasteiger partial charge in [-0.05, 0) is 49.4 Å². The summed E-state index contributed by atoms with van der Waals surface area (Å²) in [6, 6.07) is 12.5. The number of furan rings is 1. The second-order valence-corrected chi connectivity index (χ2v) is 7.44. The van der Waals surface area contributed by atoms with E-state index in [4.69, 9.17) is 9.15 Å². The lowest BCUT2D eigenvalue weighted by Gasteiger charge is -2.11. The Morgan fingerprint density at radius 1 is 1.18 bits per heavy atom. The van der Waals surface area contributed by atoms with Crippen molar-refractivity contribution in [1.29, 1.82) is 0 Å². The average Bonchev–Trinajstić information content (AvgIpc) is 3.21. The molecule has 28 heavy (non-hydrogen) atoms. The van der Waals surface area contributed by atoms with Gasteiger partial charge < -0.3 is 14.5 Å². The zero-order chi connectivity index (χ0) is 20.0.